The summed E-state index contributed by atoms with van der Waals surface area (Å²) in [4.78, 5) is 15.9. The first-order valence-corrected chi connectivity index (χ1v) is 7.35. The number of esters is 1. The Labute approximate surface area is 139 Å². The Kier molecular flexibility index (Phi) is 5.00. The molecule has 110 valence electrons. The summed E-state index contributed by atoms with van der Waals surface area (Å²) in [5.74, 6) is -0.871. The van der Waals surface area contributed by atoms with E-state index in [2.05, 4.69) is 10.3 Å². The van der Waals surface area contributed by atoms with Crippen LogP contribution in [0.5, 0.6) is 0 Å². The highest BCUT2D eigenvalue weighted by Gasteiger charge is 2.17. The van der Waals surface area contributed by atoms with Gasteiger partial charge in [0.1, 0.15) is 22.4 Å². The second-order valence-corrected chi connectivity index (χ2v) is 5.84. The fraction of sp³-hybridized carbons (Fsp3) is 0.143. The molecule has 0 aliphatic carbocycles. The molecule has 0 bridgehead atoms. The minimum absolute atomic E-state index is 0.151. The van der Waals surface area contributed by atoms with Crippen molar-refractivity contribution in [3.8, 4) is 0 Å². The van der Waals surface area contributed by atoms with Gasteiger partial charge in [-0.15, -0.1) is 0 Å². The number of ether oxygens (including phenoxy) is 1. The molecule has 7 heteroatoms. The van der Waals surface area contributed by atoms with Crippen LogP contribution in [0.1, 0.15) is 15.9 Å². The molecule has 0 amide bonds. The van der Waals surface area contributed by atoms with Crippen LogP contribution in [-0.2, 0) is 4.74 Å². The number of nitrogens with one attached hydrogen (secondary N) is 1. The van der Waals surface area contributed by atoms with Crippen LogP contribution >= 0.6 is 34.2 Å². The summed E-state index contributed by atoms with van der Waals surface area (Å²) >= 11 is 7.97. The number of rotatable bonds is 3. The number of benzene rings is 1. The van der Waals surface area contributed by atoms with Gasteiger partial charge in [0, 0.05) is 3.57 Å². The number of pyridine rings is 1. The first-order valence-electron chi connectivity index (χ1n) is 5.90. The van der Waals surface area contributed by atoms with Gasteiger partial charge in [0.2, 0.25) is 0 Å². The number of anilines is 2. The molecule has 0 unspecified atom stereocenters. The molecule has 1 heterocycles. The first-order chi connectivity index (χ1) is 9.92. The smallest absolute Gasteiger partial charge is 0.341 e. The normalized spacial score (nSPS) is 10.3. The van der Waals surface area contributed by atoms with Crippen LogP contribution in [0.3, 0.4) is 0 Å². The number of hydrogen-bond donors (Lipinski definition) is 1. The molecule has 4 nitrogen and oxygen atoms in total. The van der Waals surface area contributed by atoms with E-state index in [0.29, 0.717) is 5.56 Å². The van der Waals surface area contributed by atoms with E-state index in [4.69, 9.17) is 16.3 Å². The van der Waals surface area contributed by atoms with Crippen LogP contribution in [0.2, 0.25) is 5.15 Å². The van der Waals surface area contributed by atoms with Crippen molar-refractivity contribution in [1.29, 1.82) is 0 Å². The van der Waals surface area contributed by atoms with E-state index in [9.17, 15) is 9.18 Å². The van der Waals surface area contributed by atoms with Crippen molar-refractivity contribution >= 4 is 51.7 Å². The summed E-state index contributed by atoms with van der Waals surface area (Å²) < 4.78 is 19.4. The number of carbonyl (C=O) groups is 1. The van der Waals surface area contributed by atoms with Gasteiger partial charge in [-0.1, -0.05) is 11.6 Å². The molecular formula is C14H11ClFIN2O2. The topological polar surface area (TPSA) is 51.2 Å². The van der Waals surface area contributed by atoms with Gasteiger partial charge in [-0.2, -0.15) is 0 Å². The quantitative estimate of drug-likeness (QED) is 0.456. The molecule has 0 saturated carbocycles. The molecule has 1 N–H and O–H groups in total. The molecule has 0 spiro atoms. The maximum absolute atomic E-state index is 13.9. The molecule has 1 aromatic heterocycles. The fourth-order valence-corrected chi connectivity index (χ4v) is 2.26. The van der Waals surface area contributed by atoms with Crippen LogP contribution in [0.15, 0.2) is 24.3 Å². The number of aromatic nitrogens is 1. The van der Waals surface area contributed by atoms with Crippen LogP contribution in [0.4, 0.5) is 15.9 Å². The molecule has 0 saturated heterocycles. The maximum Gasteiger partial charge on any atom is 0.341 e. The van der Waals surface area contributed by atoms with Crippen molar-refractivity contribution in [1.82, 2.24) is 4.98 Å². The van der Waals surface area contributed by atoms with Crippen LogP contribution in [0.25, 0.3) is 0 Å². The van der Waals surface area contributed by atoms with Gasteiger partial charge >= 0.3 is 5.97 Å². The summed E-state index contributed by atoms with van der Waals surface area (Å²) in [6.07, 6.45) is 0. The molecule has 0 aliphatic rings. The van der Waals surface area contributed by atoms with Gasteiger partial charge in [-0.25, -0.2) is 14.2 Å². The third-order valence-corrected chi connectivity index (χ3v) is 3.79. The van der Waals surface area contributed by atoms with E-state index in [1.54, 1.807) is 25.1 Å². The second-order valence-electron chi connectivity index (χ2n) is 4.23. The summed E-state index contributed by atoms with van der Waals surface area (Å²) in [6, 6.07) is 6.22. The lowest BCUT2D eigenvalue weighted by atomic mass is 10.2. The number of aryl methyl sites for hydroxylation is 1. The van der Waals surface area contributed by atoms with E-state index in [-0.39, 0.29) is 22.2 Å². The largest absolute Gasteiger partial charge is 0.465 e. The van der Waals surface area contributed by atoms with E-state index in [1.807, 2.05) is 22.6 Å². The van der Waals surface area contributed by atoms with E-state index in [0.717, 1.165) is 3.57 Å². The zero-order valence-corrected chi connectivity index (χ0v) is 14.1. The van der Waals surface area contributed by atoms with Gasteiger partial charge in [0.15, 0.2) is 0 Å². The van der Waals surface area contributed by atoms with Gasteiger partial charge in [0.25, 0.3) is 0 Å². The van der Waals surface area contributed by atoms with Crippen molar-refractivity contribution in [2.24, 2.45) is 0 Å². The predicted octanol–water partition coefficient (Wildman–Crippen LogP) is 4.32. The average Bonchev–Trinajstić information content (AvgIpc) is 2.44. The Morgan fingerprint density at radius 1 is 1.43 bits per heavy atom. The number of halogens is 3. The van der Waals surface area contributed by atoms with Crippen molar-refractivity contribution in [3.05, 3.63) is 49.9 Å². The number of hydrogen-bond acceptors (Lipinski definition) is 4. The standard InChI is InChI=1S/C14H11ClFIN2O2/c1-7-5-9(14(20)21-2)13(19-12(7)15)18-11-4-3-8(17)6-10(11)16/h3-6H,1-2H3,(H,18,19). The SMILES string of the molecule is COC(=O)c1cc(C)c(Cl)nc1Nc1ccc(I)cc1F. The molecule has 0 aliphatic heterocycles. The molecule has 1 aromatic carbocycles. The highest BCUT2D eigenvalue weighted by atomic mass is 127. The first kappa shape index (κ1) is 16.0. The minimum Gasteiger partial charge on any atom is -0.465 e. The number of carbonyl (C=O) groups excluding carboxylic acids is 1. The van der Waals surface area contributed by atoms with Gasteiger partial charge in [-0.3, -0.25) is 0 Å². The molecule has 0 fully saturated rings. The highest BCUT2D eigenvalue weighted by Crippen LogP contribution is 2.26. The molecule has 0 radical (unpaired) electrons. The van der Waals surface area contributed by atoms with Gasteiger partial charge in [0.05, 0.1) is 12.8 Å². The van der Waals surface area contributed by atoms with Crippen LogP contribution in [-0.4, -0.2) is 18.1 Å². The third-order valence-electron chi connectivity index (χ3n) is 2.74. The van der Waals surface area contributed by atoms with Crippen molar-refractivity contribution in [2.75, 3.05) is 12.4 Å². The van der Waals surface area contributed by atoms with Crippen molar-refractivity contribution in [3.63, 3.8) is 0 Å². The monoisotopic (exact) mass is 420 g/mol. The lowest BCUT2D eigenvalue weighted by Crippen LogP contribution is -2.09. The second kappa shape index (κ2) is 6.57. The van der Waals surface area contributed by atoms with E-state index in [1.165, 1.54) is 13.2 Å². The Morgan fingerprint density at radius 3 is 2.76 bits per heavy atom. The predicted molar refractivity (Wildman–Crippen MR) is 87.7 cm³/mol. The summed E-state index contributed by atoms with van der Waals surface area (Å²) in [6.45, 7) is 1.72. The average molecular weight is 421 g/mol. The highest BCUT2D eigenvalue weighted by molar-refractivity contribution is 14.1. The Hall–Kier alpha value is -1.41. The van der Waals surface area contributed by atoms with Crippen LogP contribution in [0, 0.1) is 16.3 Å². The van der Waals surface area contributed by atoms with Gasteiger partial charge < -0.3 is 10.1 Å². The molecule has 2 rings (SSSR count). The Bertz CT molecular complexity index is 710. The zero-order chi connectivity index (χ0) is 15.6. The zero-order valence-electron chi connectivity index (χ0n) is 11.2. The summed E-state index contributed by atoms with van der Waals surface area (Å²) in [7, 11) is 1.27. The Balaban J connectivity index is 2.47. The van der Waals surface area contributed by atoms with E-state index < -0.39 is 11.8 Å². The lowest BCUT2D eigenvalue weighted by Gasteiger charge is -2.12. The third kappa shape index (κ3) is 3.62. The maximum atomic E-state index is 13.9. The van der Waals surface area contributed by atoms with Crippen LogP contribution < -0.4 is 5.32 Å². The number of methoxy groups -OCH3 is 1. The molecule has 2 aromatic rings. The molecular weight excluding hydrogens is 410 g/mol. The van der Waals surface area contributed by atoms with Crippen molar-refractivity contribution in [2.45, 2.75) is 6.92 Å². The summed E-state index contributed by atoms with van der Waals surface area (Å²) in [5.41, 5.74) is 1.02. The molecule has 21 heavy (non-hydrogen) atoms. The summed E-state index contributed by atoms with van der Waals surface area (Å²) in [5, 5.41) is 3.01. The molecule has 0 atom stereocenters. The lowest BCUT2D eigenvalue weighted by molar-refractivity contribution is 0.0601. The van der Waals surface area contributed by atoms with Gasteiger partial charge in [-0.05, 0) is 59.3 Å². The fourth-order valence-electron chi connectivity index (χ4n) is 1.67. The Morgan fingerprint density at radius 2 is 2.14 bits per heavy atom. The minimum atomic E-state index is -0.573. The van der Waals surface area contributed by atoms with Crippen molar-refractivity contribution < 1.29 is 13.9 Å². The van der Waals surface area contributed by atoms with E-state index >= 15 is 0 Å². The number of nitrogens with zero attached hydrogens (tertiary/aromatic N) is 1.